The molecule has 0 radical (unpaired) electrons. The molecule has 0 saturated heterocycles. The van der Waals surface area contributed by atoms with Gasteiger partial charge in [-0.15, -0.1) is 0 Å². The van der Waals surface area contributed by atoms with Gasteiger partial charge in [0.15, 0.2) is 0 Å². The minimum Gasteiger partial charge on any atom is -0.433 e. The Hall–Kier alpha value is -2.75. The second-order valence-corrected chi connectivity index (χ2v) is 6.37. The number of anilines is 1. The molecule has 10 heteroatoms. The van der Waals surface area contributed by atoms with Crippen LogP contribution < -0.4 is 9.46 Å². The van der Waals surface area contributed by atoms with Crippen LogP contribution in [0.2, 0.25) is 0 Å². The molecule has 1 N–H and O–H groups in total. The molecule has 0 heterocycles. The molecule has 0 aliphatic heterocycles. The van der Waals surface area contributed by atoms with Crippen molar-refractivity contribution in [1.82, 2.24) is 0 Å². The second-order valence-electron chi connectivity index (χ2n) is 4.69. The number of rotatable bonds is 6. The van der Waals surface area contributed by atoms with E-state index in [1.807, 2.05) is 0 Å². The summed E-state index contributed by atoms with van der Waals surface area (Å²) >= 11 is 0. The average molecular weight is 358 g/mol. The summed E-state index contributed by atoms with van der Waals surface area (Å²) in [5.41, 5.74) is -0.281. The van der Waals surface area contributed by atoms with E-state index in [-0.39, 0.29) is 22.0 Å². The van der Waals surface area contributed by atoms with Crippen LogP contribution in [0.3, 0.4) is 0 Å². The van der Waals surface area contributed by atoms with Gasteiger partial charge >= 0.3 is 6.61 Å². The highest BCUT2D eigenvalue weighted by Crippen LogP contribution is 2.29. The maximum Gasteiger partial charge on any atom is 0.387 e. The fraction of sp³-hybridized carbons (Fsp3) is 0.143. The summed E-state index contributed by atoms with van der Waals surface area (Å²) in [4.78, 5) is 9.85. The first-order valence-corrected chi connectivity index (χ1v) is 8.01. The van der Waals surface area contributed by atoms with E-state index in [1.54, 1.807) is 0 Å². The van der Waals surface area contributed by atoms with E-state index in [4.69, 9.17) is 0 Å². The van der Waals surface area contributed by atoms with Crippen molar-refractivity contribution < 1.29 is 26.9 Å². The van der Waals surface area contributed by atoms with Crippen LogP contribution in [0, 0.1) is 17.0 Å². The number of nitrogens with zero attached hydrogens (tertiary/aromatic N) is 1. The lowest BCUT2D eigenvalue weighted by Crippen LogP contribution is -2.15. The lowest BCUT2D eigenvalue weighted by molar-refractivity contribution is -0.385. The lowest BCUT2D eigenvalue weighted by atomic mass is 10.2. The van der Waals surface area contributed by atoms with Gasteiger partial charge in [0.1, 0.15) is 5.75 Å². The SMILES string of the molecule is Cc1ccc(S(=O)(=O)Nc2ccccc2OC(F)F)cc1[N+](=O)[O-]. The third-order valence-electron chi connectivity index (χ3n) is 3.04. The van der Waals surface area contributed by atoms with E-state index in [0.717, 1.165) is 6.07 Å². The first kappa shape index (κ1) is 17.6. The normalized spacial score (nSPS) is 11.3. The van der Waals surface area contributed by atoms with Crippen LogP contribution in [0.25, 0.3) is 0 Å². The Morgan fingerprint density at radius 1 is 1.21 bits per heavy atom. The predicted molar refractivity (Wildman–Crippen MR) is 81.7 cm³/mol. The molecule has 0 amide bonds. The number of hydrogen-bond donors (Lipinski definition) is 1. The van der Waals surface area contributed by atoms with Crippen LogP contribution in [-0.2, 0) is 10.0 Å². The van der Waals surface area contributed by atoms with Gasteiger partial charge < -0.3 is 4.74 Å². The van der Waals surface area contributed by atoms with Crippen LogP contribution in [0.4, 0.5) is 20.2 Å². The van der Waals surface area contributed by atoms with Crippen molar-refractivity contribution in [3.8, 4) is 5.75 Å². The Kier molecular flexibility index (Phi) is 4.98. The minimum absolute atomic E-state index is 0.207. The van der Waals surface area contributed by atoms with Gasteiger partial charge in [-0.1, -0.05) is 18.2 Å². The lowest BCUT2D eigenvalue weighted by Gasteiger charge is -2.13. The van der Waals surface area contributed by atoms with Crippen molar-refractivity contribution in [2.24, 2.45) is 0 Å². The molecule has 0 spiro atoms. The zero-order valence-electron chi connectivity index (χ0n) is 12.3. The predicted octanol–water partition coefficient (Wildman–Crippen LogP) is 3.31. The Balaban J connectivity index is 2.40. The summed E-state index contributed by atoms with van der Waals surface area (Å²) in [6, 6.07) is 8.59. The van der Waals surface area contributed by atoms with E-state index >= 15 is 0 Å². The van der Waals surface area contributed by atoms with Crippen molar-refractivity contribution in [2.45, 2.75) is 18.4 Å². The van der Waals surface area contributed by atoms with E-state index in [1.165, 1.54) is 43.3 Å². The summed E-state index contributed by atoms with van der Waals surface area (Å²) in [5.74, 6) is -0.363. The van der Waals surface area contributed by atoms with Crippen molar-refractivity contribution in [3.05, 3.63) is 58.1 Å². The number of sulfonamides is 1. The quantitative estimate of drug-likeness (QED) is 0.631. The first-order chi connectivity index (χ1) is 11.2. The molecule has 0 aromatic heterocycles. The van der Waals surface area contributed by atoms with Crippen LogP contribution in [0.1, 0.15) is 5.56 Å². The topological polar surface area (TPSA) is 98.5 Å². The number of nitrogens with one attached hydrogen (secondary N) is 1. The third kappa shape index (κ3) is 3.96. The number of hydrogen-bond acceptors (Lipinski definition) is 5. The van der Waals surface area contributed by atoms with Crippen molar-refractivity contribution >= 4 is 21.4 Å². The van der Waals surface area contributed by atoms with Gasteiger partial charge in [0.05, 0.1) is 15.5 Å². The largest absolute Gasteiger partial charge is 0.433 e. The third-order valence-corrected chi connectivity index (χ3v) is 4.40. The molecule has 0 saturated carbocycles. The first-order valence-electron chi connectivity index (χ1n) is 6.52. The van der Waals surface area contributed by atoms with Gasteiger partial charge in [0, 0.05) is 11.6 Å². The zero-order valence-corrected chi connectivity index (χ0v) is 13.1. The molecule has 7 nitrogen and oxygen atoms in total. The zero-order chi connectivity index (χ0) is 17.9. The van der Waals surface area contributed by atoms with Crippen LogP contribution in [0.15, 0.2) is 47.4 Å². The fourth-order valence-corrected chi connectivity index (χ4v) is 3.00. The van der Waals surface area contributed by atoms with Gasteiger partial charge in [-0.2, -0.15) is 8.78 Å². The van der Waals surface area contributed by atoms with Crippen molar-refractivity contribution in [2.75, 3.05) is 4.72 Å². The van der Waals surface area contributed by atoms with Crippen LogP contribution in [-0.4, -0.2) is 20.0 Å². The molecule has 0 unspecified atom stereocenters. The number of halogens is 2. The molecule has 0 fully saturated rings. The highest BCUT2D eigenvalue weighted by molar-refractivity contribution is 7.92. The molecular formula is C14H12F2N2O5S. The molecule has 128 valence electrons. The number of ether oxygens (including phenoxy) is 1. The number of nitro benzene ring substituents is 1. The number of nitro groups is 1. The number of para-hydroxylation sites is 2. The smallest absolute Gasteiger partial charge is 0.387 e. The maximum absolute atomic E-state index is 12.4. The summed E-state index contributed by atoms with van der Waals surface area (Å²) in [6.07, 6.45) is 0. The minimum atomic E-state index is -4.22. The van der Waals surface area contributed by atoms with Gasteiger partial charge in [-0.3, -0.25) is 14.8 Å². The molecule has 0 aliphatic carbocycles. The molecule has 0 atom stereocenters. The second kappa shape index (κ2) is 6.79. The summed E-state index contributed by atoms with van der Waals surface area (Å²) in [7, 11) is -4.22. The molecule has 2 aromatic rings. The van der Waals surface area contributed by atoms with E-state index in [9.17, 15) is 27.3 Å². The Morgan fingerprint density at radius 2 is 1.88 bits per heavy atom. The van der Waals surface area contributed by atoms with Gasteiger partial charge in [-0.05, 0) is 25.1 Å². The number of aryl methyl sites for hydroxylation is 1. The molecule has 2 rings (SSSR count). The van der Waals surface area contributed by atoms with E-state index in [0.29, 0.717) is 5.56 Å². The molecule has 24 heavy (non-hydrogen) atoms. The summed E-state index contributed by atoms with van der Waals surface area (Å²) < 4.78 is 55.8. The van der Waals surface area contributed by atoms with Crippen LogP contribution >= 0.6 is 0 Å². The van der Waals surface area contributed by atoms with Crippen molar-refractivity contribution in [3.63, 3.8) is 0 Å². The monoisotopic (exact) mass is 358 g/mol. The highest BCUT2D eigenvalue weighted by Gasteiger charge is 2.21. The number of alkyl halides is 2. The van der Waals surface area contributed by atoms with Gasteiger partial charge in [-0.25, -0.2) is 8.42 Å². The summed E-state index contributed by atoms with van der Waals surface area (Å²) in [6.45, 7) is -1.66. The number of benzene rings is 2. The fourth-order valence-electron chi connectivity index (χ4n) is 1.91. The Labute approximate surface area is 136 Å². The van der Waals surface area contributed by atoms with E-state index < -0.39 is 21.6 Å². The standard InChI is InChI=1S/C14H12F2N2O5S/c1-9-6-7-10(8-12(9)18(19)20)24(21,22)17-11-4-2-3-5-13(11)23-14(15)16/h2-8,14,17H,1H3. The van der Waals surface area contributed by atoms with Crippen molar-refractivity contribution in [1.29, 1.82) is 0 Å². The highest BCUT2D eigenvalue weighted by atomic mass is 32.2. The van der Waals surface area contributed by atoms with Crippen LogP contribution in [0.5, 0.6) is 5.75 Å². The Morgan fingerprint density at radius 3 is 2.50 bits per heavy atom. The average Bonchev–Trinajstić information content (AvgIpc) is 2.48. The molecule has 2 aromatic carbocycles. The molecule has 0 aliphatic rings. The van der Waals surface area contributed by atoms with Gasteiger partial charge in [0.25, 0.3) is 15.7 Å². The maximum atomic E-state index is 12.4. The molecular weight excluding hydrogens is 346 g/mol. The van der Waals surface area contributed by atoms with E-state index in [2.05, 4.69) is 9.46 Å². The summed E-state index contributed by atoms with van der Waals surface area (Å²) in [5, 5.41) is 10.9. The van der Waals surface area contributed by atoms with Gasteiger partial charge in [0.2, 0.25) is 0 Å². The Bertz CT molecular complexity index is 871. The molecule has 0 bridgehead atoms.